The van der Waals surface area contributed by atoms with Gasteiger partial charge in [-0.3, -0.25) is 9.48 Å². The van der Waals surface area contributed by atoms with Crippen molar-refractivity contribution in [1.82, 2.24) is 19.8 Å². The van der Waals surface area contributed by atoms with Gasteiger partial charge in [0.2, 0.25) is 15.9 Å². The summed E-state index contributed by atoms with van der Waals surface area (Å²) >= 11 is 0. The number of carbonyl (C=O) groups is 1. The molecule has 1 rings (SSSR count). The van der Waals surface area contributed by atoms with Crippen molar-refractivity contribution in [2.75, 3.05) is 13.1 Å². The third-order valence-electron chi connectivity index (χ3n) is 3.46. The van der Waals surface area contributed by atoms with Crippen LogP contribution in [-0.2, 0) is 21.9 Å². The molecule has 4 N–H and O–H groups in total. The van der Waals surface area contributed by atoms with Gasteiger partial charge in [0.1, 0.15) is 4.90 Å². The van der Waals surface area contributed by atoms with E-state index in [1.54, 1.807) is 20.9 Å². The van der Waals surface area contributed by atoms with Crippen LogP contribution >= 0.6 is 12.4 Å². The number of aromatic nitrogens is 2. The second-order valence-electron chi connectivity index (χ2n) is 5.55. The SMILES string of the molecule is Cc1nn(C)c(C)c1S(=O)(=O)NC(C)C(=O)NCC(C)CN.Cl. The molecule has 1 aromatic rings. The van der Waals surface area contributed by atoms with Crippen molar-refractivity contribution in [2.45, 2.75) is 38.6 Å². The fourth-order valence-electron chi connectivity index (χ4n) is 2.00. The zero-order chi connectivity index (χ0) is 17.1. The van der Waals surface area contributed by atoms with Crippen LogP contribution in [-0.4, -0.2) is 43.2 Å². The molecular formula is C13H26ClN5O3S. The Hall–Kier alpha value is -1.16. The minimum absolute atomic E-state index is 0. The maximum Gasteiger partial charge on any atom is 0.244 e. The molecular weight excluding hydrogens is 342 g/mol. The molecule has 0 saturated carbocycles. The predicted octanol–water partition coefficient (Wildman–Crippen LogP) is -0.163. The van der Waals surface area contributed by atoms with Crippen molar-refractivity contribution in [2.24, 2.45) is 18.7 Å². The van der Waals surface area contributed by atoms with Crippen LogP contribution in [0.2, 0.25) is 0 Å². The summed E-state index contributed by atoms with van der Waals surface area (Å²) in [6.07, 6.45) is 0. The third-order valence-corrected chi connectivity index (χ3v) is 5.26. The van der Waals surface area contributed by atoms with E-state index in [-0.39, 0.29) is 29.1 Å². The molecule has 0 bridgehead atoms. The highest BCUT2D eigenvalue weighted by Gasteiger charge is 2.27. The van der Waals surface area contributed by atoms with Crippen molar-refractivity contribution >= 4 is 28.3 Å². The summed E-state index contributed by atoms with van der Waals surface area (Å²) in [5.74, 6) is -0.251. The van der Waals surface area contributed by atoms with Gasteiger partial charge in [0.15, 0.2) is 0 Å². The number of aryl methyl sites for hydroxylation is 2. The molecule has 2 atom stereocenters. The molecule has 0 aromatic carbocycles. The second-order valence-corrected chi connectivity index (χ2v) is 7.20. The van der Waals surface area contributed by atoms with E-state index >= 15 is 0 Å². The van der Waals surface area contributed by atoms with Crippen molar-refractivity contribution < 1.29 is 13.2 Å². The molecule has 134 valence electrons. The van der Waals surface area contributed by atoms with Gasteiger partial charge in [-0.25, -0.2) is 8.42 Å². The Morgan fingerprint density at radius 3 is 2.35 bits per heavy atom. The van der Waals surface area contributed by atoms with Crippen molar-refractivity contribution in [3.8, 4) is 0 Å². The van der Waals surface area contributed by atoms with E-state index in [0.717, 1.165) is 0 Å². The van der Waals surface area contributed by atoms with E-state index in [2.05, 4.69) is 15.1 Å². The quantitative estimate of drug-likeness (QED) is 0.618. The van der Waals surface area contributed by atoms with Gasteiger partial charge in [-0.05, 0) is 33.2 Å². The lowest BCUT2D eigenvalue weighted by Crippen LogP contribution is -2.46. The third kappa shape index (κ3) is 5.45. The van der Waals surface area contributed by atoms with E-state index in [9.17, 15) is 13.2 Å². The zero-order valence-electron chi connectivity index (χ0n) is 14.1. The van der Waals surface area contributed by atoms with Gasteiger partial charge in [-0.15, -0.1) is 12.4 Å². The number of hydrogen-bond acceptors (Lipinski definition) is 5. The summed E-state index contributed by atoms with van der Waals surface area (Å²) in [6, 6.07) is -0.881. The molecule has 8 nitrogen and oxygen atoms in total. The van der Waals surface area contributed by atoms with E-state index in [4.69, 9.17) is 5.73 Å². The monoisotopic (exact) mass is 367 g/mol. The van der Waals surface area contributed by atoms with E-state index in [1.165, 1.54) is 11.6 Å². The molecule has 0 radical (unpaired) electrons. The maximum atomic E-state index is 12.4. The fraction of sp³-hybridized carbons (Fsp3) is 0.692. The van der Waals surface area contributed by atoms with Gasteiger partial charge in [0, 0.05) is 13.6 Å². The number of amides is 1. The largest absolute Gasteiger partial charge is 0.354 e. The number of nitrogens with two attached hydrogens (primary N) is 1. The molecule has 1 amide bonds. The fourth-order valence-corrected chi connectivity index (χ4v) is 3.64. The van der Waals surface area contributed by atoms with Crippen molar-refractivity contribution in [3.63, 3.8) is 0 Å². The van der Waals surface area contributed by atoms with Crippen molar-refractivity contribution in [3.05, 3.63) is 11.4 Å². The number of sulfonamides is 1. The van der Waals surface area contributed by atoms with E-state index in [0.29, 0.717) is 24.5 Å². The summed E-state index contributed by atoms with van der Waals surface area (Å²) < 4.78 is 28.7. The first-order valence-corrected chi connectivity index (χ1v) is 8.58. The minimum Gasteiger partial charge on any atom is -0.354 e. The molecule has 2 unspecified atom stereocenters. The van der Waals surface area contributed by atoms with Crippen LogP contribution in [0.1, 0.15) is 25.2 Å². The summed E-state index contributed by atoms with van der Waals surface area (Å²) in [4.78, 5) is 12.1. The van der Waals surface area contributed by atoms with Crippen LogP contribution in [0.15, 0.2) is 4.90 Å². The molecule has 0 fully saturated rings. The first-order valence-electron chi connectivity index (χ1n) is 7.10. The normalized spacial score (nSPS) is 14.0. The molecule has 10 heteroatoms. The van der Waals surface area contributed by atoms with Crippen LogP contribution in [0.4, 0.5) is 0 Å². The van der Waals surface area contributed by atoms with Gasteiger partial charge in [0.05, 0.1) is 17.4 Å². The summed E-state index contributed by atoms with van der Waals surface area (Å²) in [5, 5.41) is 6.76. The van der Waals surface area contributed by atoms with E-state index in [1.807, 2.05) is 6.92 Å². The first kappa shape index (κ1) is 21.8. The number of rotatable bonds is 7. The Morgan fingerprint density at radius 2 is 1.91 bits per heavy atom. The Labute approximate surface area is 143 Å². The molecule has 0 aliphatic carbocycles. The van der Waals surface area contributed by atoms with Crippen LogP contribution in [0, 0.1) is 19.8 Å². The van der Waals surface area contributed by atoms with Crippen molar-refractivity contribution in [1.29, 1.82) is 0 Å². The molecule has 0 spiro atoms. The first-order chi connectivity index (χ1) is 10.1. The molecule has 1 heterocycles. The Morgan fingerprint density at radius 1 is 1.35 bits per heavy atom. The number of nitrogens with zero attached hydrogens (tertiary/aromatic N) is 2. The molecule has 0 saturated heterocycles. The van der Waals surface area contributed by atoms with Gasteiger partial charge in [-0.1, -0.05) is 6.92 Å². The highest BCUT2D eigenvalue weighted by Crippen LogP contribution is 2.18. The zero-order valence-corrected chi connectivity index (χ0v) is 15.7. The standard InChI is InChI=1S/C13H25N5O3S.ClH/c1-8(6-14)7-15-13(19)10(3)17-22(20,21)12-9(2)16-18(5)11(12)4;/h8,10,17H,6-7,14H2,1-5H3,(H,15,19);1H. The highest BCUT2D eigenvalue weighted by atomic mass is 35.5. The van der Waals surface area contributed by atoms with Gasteiger partial charge in [0.25, 0.3) is 0 Å². The summed E-state index contributed by atoms with van der Waals surface area (Å²) in [6.45, 7) is 7.55. The molecule has 1 aromatic heterocycles. The maximum absolute atomic E-state index is 12.4. The number of carbonyl (C=O) groups excluding carboxylic acids is 1. The Balaban J connectivity index is 0.00000484. The lowest BCUT2D eigenvalue weighted by Gasteiger charge is -2.16. The summed E-state index contributed by atoms with van der Waals surface area (Å²) in [7, 11) is -2.14. The topological polar surface area (TPSA) is 119 Å². The van der Waals surface area contributed by atoms with Gasteiger partial charge >= 0.3 is 0 Å². The minimum atomic E-state index is -3.81. The average molecular weight is 368 g/mol. The number of halogens is 1. The highest BCUT2D eigenvalue weighted by molar-refractivity contribution is 7.89. The van der Waals surface area contributed by atoms with Gasteiger partial charge in [-0.2, -0.15) is 9.82 Å². The van der Waals surface area contributed by atoms with E-state index < -0.39 is 16.1 Å². The molecule has 0 aliphatic heterocycles. The number of nitrogens with one attached hydrogen (secondary N) is 2. The Kier molecular flexibility index (Phi) is 8.19. The van der Waals surface area contributed by atoms with Gasteiger partial charge < -0.3 is 11.1 Å². The average Bonchev–Trinajstić information content (AvgIpc) is 2.68. The molecule has 0 aliphatic rings. The lowest BCUT2D eigenvalue weighted by molar-refractivity contribution is -0.122. The molecule has 23 heavy (non-hydrogen) atoms. The van der Waals surface area contributed by atoms with Crippen LogP contribution in [0.25, 0.3) is 0 Å². The Bertz CT molecular complexity index is 644. The van der Waals surface area contributed by atoms with Crippen LogP contribution in [0.5, 0.6) is 0 Å². The second kappa shape index (κ2) is 8.62. The smallest absolute Gasteiger partial charge is 0.244 e. The lowest BCUT2D eigenvalue weighted by atomic mass is 10.2. The predicted molar refractivity (Wildman–Crippen MR) is 90.9 cm³/mol. The van der Waals surface area contributed by atoms with Crippen LogP contribution in [0.3, 0.4) is 0 Å². The van der Waals surface area contributed by atoms with Crippen LogP contribution < -0.4 is 15.8 Å². The number of hydrogen-bond donors (Lipinski definition) is 3. The summed E-state index contributed by atoms with van der Waals surface area (Å²) in [5.41, 5.74) is 6.40.